The second-order valence-electron chi connectivity index (χ2n) is 25.6. The second-order valence-corrected chi connectivity index (χ2v) is 25.6. The molecule has 5 rings (SSSR count). The van der Waals surface area contributed by atoms with Gasteiger partial charge in [0.1, 0.15) is 78.3 Å². The van der Waals surface area contributed by atoms with Crippen molar-refractivity contribution in [1.29, 1.82) is 0 Å². The number of rotatable bonds is 43. The van der Waals surface area contributed by atoms with Crippen LogP contribution in [0.4, 0.5) is 0 Å². The Labute approximate surface area is 605 Å². The third-order valence-corrected chi connectivity index (χ3v) is 17.0. The predicted octanol–water partition coefficient (Wildman–Crippen LogP) is -5.45. The van der Waals surface area contributed by atoms with Crippen molar-refractivity contribution in [3.8, 4) is 5.75 Å². The summed E-state index contributed by atoms with van der Waals surface area (Å²) >= 11 is 0. The summed E-state index contributed by atoms with van der Waals surface area (Å²) in [5, 5.41) is 50.5. The molecule has 2 aromatic heterocycles. The number of unbranched alkanes of at least 4 members (excludes halogenated alkanes) is 1. The summed E-state index contributed by atoms with van der Waals surface area (Å²) in [6.45, 7) is 7.43. The lowest BCUT2D eigenvalue weighted by atomic mass is 9.99. The zero-order valence-electron chi connectivity index (χ0n) is 59.4. The quantitative estimate of drug-likeness (QED) is 0.0184. The van der Waals surface area contributed by atoms with Crippen LogP contribution in [0.25, 0.3) is 0 Å². The standard InChI is InChI=1S/C68H98N20O17/c1-7-44(57(71)94)80-61(98)46(17-12-13-23-69)82-62(99)49(28-42-31-73-35-76-42)83-58(95)37(5)77-66(103)53-18-14-24-88(53)68(105)51(26-39-15-10-9-11-16-39)86-67(104)56(36(3)4)87-64(101)47(25-40-19-21-43(91)22-20-40)84-63(100)50(29-54(70)92)85-60(97)45(8-2)81-65(102)52(33-89)79-55(93)32-74-59(96)48(78-38(6)90)27-41-30-72-34-75-41/h9-11,15-16,19-22,30-31,34-37,44-53,56,89,91H,7-8,12-14,17-18,23-29,32-33,69H2,1-6H3,(H2,70,92)(H2,71,94)(H,72,75)(H,73,76)(H,74,96)(H,77,103)(H,78,90)(H,79,93)(H,80,98)(H,81,102)(H,82,99)(H,83,95)(H,84,100)(H,85,97)(H,86,104)(H,87,101)/t37-,44?,45?,46-,47-,48-,49-,50-,51-,52-,53-,56-/m0/s1. The molecule has 0 aliphatic carbocycles. The van der Waals surface area contributed by atoms with E-state index in [2.05, 4.69) is 83.7 Å². The van der Waals surface area contributed by atoms with Gasteiger partial charge in [-0.1, -0.05) is 70.2 Å². The SMILES string of the molecule is CCC(NC(=O)[C@H](CCCCN)NC(=O)[C@H](Cc1cnc[nH]1)NC(=O)[C@H](C)NC(=O)[C@@H]1CCCN1C(=O)[C@H](Cc1ccccc1)NC(=O)[C@@H](NC(=O)[C@H](Cc1ccc(O)cc1)NC(=O)[C@H](CC(N)=O)NC(=O)C(CC)NC(=O)[C@H](CO)NC(=O)CNC(=O)[C@H](Cc1cnc[nH]1)NC(C)=O)C(C)C)C(N)=O. The molecule has 1 saturated heterocycles. The van der Waals surface area contributed by atoms with E-state index in [4.69, 9.17) is 17.2 Å². The van der Waals surface area contributed by atoms with Crippen molar-refractivity contribution >= 4 is 88.6 Å². The molecule has 1 aliphatic heterocycles. The van der Waals surface area contributed by atoms with Crippen LogP contribution in [0.5, 0.6) is 5.75 Å². The molecule has 37 heteroatoms. The van der Waals surface area contributed by atoms with Crippen molar-refractivity contribution in [2.75, 3.05) is 26.2 Å². The van der Waals surface area contributed by atoms with Crippen LogP contribution in [-0.2, 0) is 97.6 Å². The Morgan fingerprint density at radius 3 is 1.62 bits per heavy atom. The van der Waals surface area contributed by atoms with Gasteiger partial charge >= 0.3 is 0 Å². The van der Waals surface area contributed by atoms with Crippen LogP contribution >= 0.6 is 0 Å². The first-order chi connectivity index (χ1) is 49.9. The Morgan fingerprint density at radius 2 is 1.06 bits per heavy atom. The highest BCUT2D eigenvalue weighted by Gasteiger charge is 2.41. The van der Waals surface area contributed by atoms with E-state index in [9.17, 15) is 82.1 Å². The van der Waals surface area contributed by atoms with Gasteiger partial charge in [-0.2, -0.15) is 0 Å². The first kappa shape index (κ1) is 84.3. The fraction of sp³-hybridized carbons (Fsp3) is 0.515. The van der Waals surface area contributed by atoms with Crippen molar-refractivity contribution < 1.29 is 82.1 Å². The van der Waals surface area contributed by atoms with Crippen LogP contribution < -0.4 is 81.0 Å². The molecule has 12 atom stereocenters. The molecular weight excluding hydrogens is 1370 g/mol. The van der Waals surface area contributed by atoms with Crippen LogP contribution in [0.1, 0.15) is 115 Å². The minimum Gasteiger partial charge on any atom is -0.508 e. The zero-order valence-corrected chi connectivity index (χ0v) is 59.4. The Balaban J connectivity index is 1.30. The van der Waals surface area contributed by atoms with Gasteiger partial charge in [-0.3, -0.25) is 71.9 Å². The van der Waals surface area contributed by atoms with Gasteiger partial charge in [0.2, 0.25) is 88.6 Å². The number of imidazole rings is 2. The van der Waals surface area contributed by atoms with Gasteiger partial charge in [0.15, 0.2) is 0 Å². The molecule has 0 saturated carbocycles. The van der Waals surface area contributed by atoms with Crippen molar-refractivity contribution in [3.63, 3.8) is 0 Å². The maximum absolute atomic E-state index is 15.0. The van der Waals surface area contributed by atoms with Crippen molar-refractivity contribution in [3.05, 3.63) is 102 Å². The minimum atomic E-state index is -1.83. The molecule has 15 amide bonds. The molecule has 22 N–H and O–H groups in total. The van der Waals surface area contributed by atoms with Gasteiger partial charge in [-0.25, -0.2) is 9.97 Å². The molecule has 3 heterocycles. The molecule has 0 spiro atoms. The number of nitrogens with zero attached hydrogens (tertiary/aromatic N) is 3. The van der Waals surface area contributed by atoms with Gasteiger partial charge in [0.25, 0.3) is 0 Å². The number of benzene rings is 2. The number of likely N-dealkylation sites (tertiary alicyclic amines) is 1. The highest BCUT2D eigenvalue weighted by Crippen LogP contribution is 2.21. The van der Waals surface area contributed by atoms with E-state index < -0.39 is 187 Å². The minimum absolute atomic E-state index is 0.0157. The first-order valence-corrected chi connectivity index (χ1v) is 34.5. The number of aromatic hydroxyl groups is 1. The topological polar surface area (TPSA) is 580 Å². The Morgan fingerprint density at radius 1 is 0.552 bits per heavy atom. The predicted molar refractivity (Wildman–Crippen MR) is 375 cm³/mol. The van der Waals surface area contributed by atoms with Crippen LogP contribution in [0.2, 0.25) is 0 Å². The Bertz CT molecular complexity index is 3620. The maximum atomic E-state index is 15.0. The number of aromatic amines is 2. The lowest BCUT2D eigenvalue weighted by Crippen LogP contribution is -2.62. The molecule has 105 heavy (non-hydrogen) atoms. The third kappa shape index (κ3) is 27.4. The number of nitrogens with two attached hydrogens (primary N) is 3. The second kappa shape index (κ2) is 42.3. The summed E-state index contributed by atoms with van der Waals surface area (Å²) < 4.78 is 0. The number of aliphatic hydroxyl groups excluding tert-OH is 1. The van der Waals surface area contributed by atoms with Crippen molar-refractivity contribution in [1.82, 2.24) is 88.6 Å². The van der Waals surface area contributed by atoms with E-state index in [-0.39, 0.29) is 63.7 Å². The lowest BCUT2D eigenvalue weighted by Gasteiger charge is -2.31. The Hall–Kier alpha value is -11.4. The number of amides is 15. The van der Waals surface area contributed by atoms with Crippen LogP contribution in [0.15, 0.2) is 79.6 Å². The van der Waals surface area contributed by atoms with Gasteiger partial charge in [0.05, 0.1) is 32.2 Å². The van der Waals surface area contributed by atoms with E-state index >= 15 is 0 Å². The highest BCUT2D eigenvalue weighted by molar-refractivity contribution is 6.01. The summed E-state index contributed by atoms with van der Waals surface area (Å²) in [6.07, 6.45) is 5.58. The van der Waals surface area contributed by atoms with E-state index in [1.807, 2.05) is 0 Å². The first-order valence-electron chi connectivity index (χ1n) is 34.5. The molecule has 2 aromatic carbocycles. The molecule has 0 bridgehead atoms. The van der Waals surface area contributed by atoms with Gasteiger partial charge < -0.3 is 106 Å². The van der Waals surface area contributed by atoms with E-state index in [1.54, 1.807) is 51.1 Å². The number of H-pyrrole nitrogens is 2. The zero-order chi connectivity index (χ0) is 77.4. The summed E-state index contributed by atoms with van der Waals surface area (Å²) in [6, 6.07) is -2.69. The van der Waals surface area contributed by atoms with Gasteiger partial charge in [-0.15, -0.1) is 0 Å². The molecule has 0 radical (unpaired) electrons. The number of aromatic nitrogens is 4. The number of hydrogen-bond donors (Lipinski definition) is 19. The average molecular weight is 1470 g/mol. The van der Waals surface area contributed by atoms with Crippen LogP contribution in [0, 0.1) is 5.92 Å². The summed E-state index contributed by atoms with van der Waals surface area (Å²) in [5.74, 6) is -14.0. The smallest absolute Gasteiger partial charge is 0.246 e. The largest absolute Gasteiger partial charge is 0.508 e. The average Bonchev–Trinajstić information content (AvgIpc) is 1.77. The number of primary amides is 2. The van der Waals surface area contributed by atoms with Gasteiger partial charge in [0, 0.05) is 62.9 Å². The highest BCUT2D eigenvalue weighted by atomic mass is 16.3. The number of phenols is 1. The summed E-state index contributed by atoms with van der Waals surface area (Å²) in [4.78, 5) is 219. The van der Waals surface area contributed by atoms with Crippen molar-refractivity contribution in [2.45, 2.75) is 191 Å². The lowest BCUT2D eigenvalue weighted by molar-refractivity contribution is -0.142. The Kier molecular flexibility index (Phi) is 33.9. The van der Waals surface area contributed by atoms with E-state index in [0.717, 1.165) is 0 Å². The van der Waals surface area contributed by atoms with E-state index in [0.29, 0.717) is 48.3 Å². The van der Waals surface area contributed by atoms with Crippen LogP contribution in [-0.4, -0.2) is 222 Å². The molecular formula is C68H98N20O17. The number of nitrogens with one attached hydrogen (secondary N) is 14. The van der Waals surface area contributed by atoms with Crippen molar-refractivity contribution in [2.24, 2.45) is 23.1 Å². The number of aliphatic hydroxyl groups is 1. The molecule has 2 unspecified atom stereocenters. The fourth-order valence-corrected chi connectivity index (χ4v) is 11.2. The maximum Gasteiger partial charge on any atom is 0.246 e. The number of hydrogen-bond acceptors (Lipinski definition) is 20. The molecule has 1 fully saturated rings. The fourth-order valence-electron chi connectivity index (χ4n) is 11.2. The molecule has 572 valence electrons. The molecule has 37 nitrogen and oxygen atoms in total. The van der Waals surface area contributed by atoms with E-state index in [1.165, 1.54) is 75.0 Å². The molecule has 1 aliphatic rings. The van der Waals surface area contributed by atoms with Crippen LogP contribution in [0.3, 0.4) is 0 Å². The number of carbonyl (C=O) groups is 15. The normalized spacial score (nSPS) is 15.7. The summed E-state index contributed by atoms with van der Waals surface area (Å²) in [5.41, 5.74) is 18.6. The summed E-state index contributed by atoms with van der Waals surface area (Å²) in [7, 11) is 0. The molecule has 4 aromatic rings. The van der Waals surface area contributed by atoms with Gasteiger partial charge in [-0.05, 0) is 87.6 Å². The monoisotopic (exact) mass is 1470 g/mol. The number of carbonyl (C=O) groups excluding carboxylic acids is 15. The third-order valence-electron chi connectivity index (χ3n) is 17.0. The number of phenolic OH excluding ortho intramolecular Hbond substituents is 1.